The SMILES string of the molecule is CCCCCCCCCCCC(=O)OC(C(=O)OCCN)C(NCCO)NCCO. The summed E-state index contributed by atoms with van der Waals surface area (Å²) in [5, 5.41) is 23.9. The van der Waals surface area contributed by atoms with Gasteiger partial charge >= 0.3 is 11.9 Å². The molecule has 0 aromatic heterocycles. The zero-order valence-electron chi connectivity index (χ0n) is 18.6. The van der Waals surface area contributed by atoms with Gasteiger partial charge in [0.15, 0.2) is 0 Å². The minimum atomic E-state index is -1.24. The first-order valence-corrected chi connectivity index (χ1v) is 11.3. The van der Waals surface area contributed by atoms with Gasteiger partial charge in [0.25, 0.3) is 0 Å². The quantitative estimate of drug-likeness (QED) is 0.101. The maximum absolute atomic E-state index is 12.4. The topological polar surface area (TPSA) is 143 Å². The Hall–Kier alpha value is -1.26. The zero-order chi connectivity index (χ0) is 22.5. The lowest BCUT2D eigenvalue weighted by Crippen LogP contribution is -2.56. The summed E-state index contributed by atoms with van der Waals surface area (Å²) < 4.78 is 10.4. The molecule has 30 heavy (non-hydrogen) atoms. The van der Waals surface area contributed by atoms with Crippen LogP contribution in [0.25, 0.3) is 0 Å². The maximum Gasteiger partial charge on any atom is 0.350 e. The van der Waals surface area contributed by atoms with Crippen LogP contribution in [0.15, 0.2) is 0 Å². The summed E-state index contributed by atoms with van der Waals surface area (Å²) in [5.41, 5.74) is 5.37. The van der Waals surface area contributed by atoms with E-state index in [-0.39, 0.29) is 45.9 Å². The van der Waals surface area contributed by atoms with Crippen LogP contribution in [0.3, 0.4) is 0 Å². The first-order chi connectivity index (χ1) is 14.6. The van der Waals surface area contributed by atoms with Crippen LogP contribution in [0, 0.1) is 0 Å². The molecule has 9 nitrogen and oxygen atoms in total. The molecule has 0 aliphatic heterocycles. The van der Waals surface area contributed by atoms with Gasteiger partial charge in [0.2, 0.25) is 6.10 Å². The fourth-order valence-electron chi connectivity index (χ4n) is 3.00. The van der Waals surface area contributed by atoms with Gasteiger partial charge in [0, 0.05) is 26.1 Å². The molecule has 0 fully saturated rings. The molecule has 0 spiro atoms. The third-order valence-corrected chi connectivity index (χ3v) is 4.59. The molecule has 178 valence electrons. The highest BCUT2D eigenvalue weighted by atomic mass is 16.6. The van der Waals surface area contributed by atoms with E-state index in [9.17, 15) is 9.59 Å². The van der Waals surface area contributed by atoms with Crippen LogP contribution in [-0.2, 0) is 19.1 Å². The fourth-order valence-corrected chi connectivity index (χ4v) is 3.00. The van der Waals surface area contributed by atoms with E-state index in [4.69, 9.17) is 25.4 Å². The summed E-state index contributed by atoms with van der Waals surface area (Å²) >= 11 is 0. The largest absolute Gasteiger partial charge is 0.462 e. The summed E-state index contributed by atoms with van der Waals surface area (Å²) in [6.07, 6.45) is 8.44. The van der Waals surface area contributed by atoms with Crippen molar-refractivity contribution < 1.29 is 29.3 Å². The normalized spacial score (nSPS) is 12.2. The number of ether oxygens (including phenoxy) is 2. The highest BCUT2D eigenvalue weighted by Gasteiger charge is 2.32. The van der Waals surface area contributed by atoms with E-state index in [0.717, 1.165) is 12.8 Å². The summed E-state index contributed by atoms with van der Waals surface area (Å²) in [4.78, 5) is 24.7. The maximum atomic E-state index is 12.4. The Morgan fingerprint density at radius 2 is 1.43 bits per heavy atom. The molecule has 0 heterocycles. The number of nitrogens with one attached hydrogen (secondary N) is 2. The van der Waals surface area contributed by atoms with Crippen LogP contribution >= 0.6 is 0 Å². The van der Waals surface area contributed by atoms with E-state index in [1.54, 1.807) is 0 Å². The Balaban J connectivity index is 4.47. The molecule has 6 N–H and O–H groups in total. The molecule has 0 saturated carbocycles. The van der Waals surface area contributed by atoms with Crippen LogP contribution in [0.5, 0.6) is 0 Å². The number of hydrogen-bond acceptors (Lipinski definition) is 9. The third kappa shape index (κ3) is 15.6. The molecule has 9 heteroatoms. The number of carbonyl (C=O) groups is 2. The van der Waals surface area contributed by atoms with E-state index in [1.807, 2.05) is 0 Å². The molecule has 0 aliphatic rings. The number of esters is 2. The summed E-state index contributed by atoms with van der Waals surface area (Å²) in [6, 6.07) is 0. The second kappa shape index (κ2) is 21.0. The number of nitrogens with two attached hydrogens (primary N) is 1. The molecular weight excluding hydrogens is 390 g/mol. The molecule has 0 aromatic carbocycles. The van der Waals surface area contributed by atoms with Crippen molar-refractivity contribution in [1.29, 1.82) is 0 Å². The standard InChI is InChI=1S/C21H43N3O6/c1-2-3-4-5-6-7-8-9-10-11-18(27)30-19(21(28)29-17-12-22)20(23-13-15-25)24-14-16-26/h19-20,23-26H,2-17,22H2,1H3. The molecule has 0 amide bonds. The van der Waals surface area contributed by atoms with E-state index >= 15 is 0 Å². The minimum absolute atomic E-state index is 0.0118. The minimum Gasteiger partial charge on any atom is -0.462 e. The van der Waals surface area contributed by atoms with Gasteiger partial charge in [0.1, 0.15) is 12.8 Å². The highest BCUT2D eigenvalue weighted by molar-refractivity contribution is 5.80. The van der Waals surface area contributed by atoms with E-state index in [2.05, 4.69) is 17.6 Å². The first kappa shape index (κ1) is 28.7. The molecule has 0 bridgehead atoms. The van der Waals surface area contributed by atoms with Crippen molar-refractivity contribution in [2.24, 2.45) is 5.73 Å². The van der Waals surface area contributed by atoms with Crippen molar-refractivity contribution in [2.45, 2.75) is 83.4 Å². The fraction of sp³-hybridized carbons (Fsp3) is 0.905. The van der Waals surface area contributed by atoms with Gasteiger partial charge in [-0.2, -0.15) is 0 Å². The Labute approximate surface area is 181 Å². The predicted molar refractivity (Wildman–Crippen MR) is 116 cm³/mol. The van der Waals surface area contributed by atoms with Gasteiger partial charge in [-0.05, 0) is 6.42 Å². The highest BCUT2D eigenvalue weighted by Crippen LogP contribution is 2.12. The average Bonchev–Trinajstić information content (AvgIpc) is 2.75. The van der Waals surface area contributed by atoms with Crippen molar-refractivity contribution >= 4 is 11.9 Å². The number of hydrogen-bond donors (Lipinski definition) is 5. The number of carbonyl (C=O) groups excluding carboxylic acids is 2. The number of rotatable bonds is 21. The Morgan fingerprint density at radius 3 is 1.93 bits per heavy atom. The molecular formula is C21H43N3O6. The molecule has 0 aliphatic carbocycles. The summed E-state index contributed by atoms with van der Waals surface area (Å²) in [6.45, 7) is 2.42. The lowest BCUT2D eigenvalue weighted by Gasteiger charge is -2.27. The average molecular weight is 434 g/mol. The Morgan fingerprint density at radius 1 is 0.900 bits per heavy atom. The molecule has 0 rings (SSSR count). The third-order valence-electron chi connectivity index (χ3n) is 4.59. The van der Waals surface area contributed by atoms with Crippen LogP contribution < -0.4 is 16.4 Å². The van der Waals surface area contributed by atoms with E-state index in [0.29, 0.717) is 6.42 Å². The van der Waals surface area contributed by atoms with Gasteiger partial charge in [-0.15, -0.1) is 0 Å². The molecule has 0 aromatic rings. The van der Waals surface area contributed by atoms with Crippen LogP contribution in [0.2, 0.25) is 0 Å². The lowest BCUT2D eigenvalue weighted by molar-refractivity contribution is -0.170. The first-order valence-electron chi connectivity index (χ1n) is 11.3. The molecule has 1 unspecified atom stereocenters. The van der Waals surface area contributed by atoms with Crippen molar-refractivity contribution in [3.63, 3.8) is 0 Å². The number of aliphatic hydroxyl groups is 2. The second-order valence-electron chi connectivity index (χ2n) is 7.28. The van der Waals surface area contributed by atoms with Crippen molar-refractivity contribution in [3.05, 3.63) is 0 Å². The van der Waals surface area contributed by atoms with Crippen molar-refractivity contribution in [2.75, 3.05) is 39.5 Å². The second-order valence-corrected chi connectivity index (χ2v) is 7.28. The summed E-state index contributed by atoms with van der Waals surface area (Å²) in [7, 11) is 0. The number of aliphatic hydroxyl groups excluding tert-OH is 2. The van der Waals surface area contributed by atoms with Crippen molar-refractivity contribution in [3.8, 4) is 0 Å². The monoisotopic (exact) mass is 433 g/mol. The van der Waals surface area contributed by atoms with E-state index in [1.165, 1.54) is 38.5 Å². The van der Waals surface area contributed by atoms with Gasteiger partial charge in [-0.25, -0.2) is 4.79 Å². The zero-order valence-corrected chi connectivity index (χ0v) is 18.6. The smallest absolute Gasteiger partial charge is 0.350 e. The molecule has 0 radical (unpaired) electrons. The van der Waals surface area contributed by atoms with E-state index < -0.39 is 24.2 Å². The van der Waals surface area contributed by atoms with Crippen LogP contribution in [0.1, 0.15) is 71.1 Å². The van der Waals surface area contributed by atoms with Gasteiger partial charge in [-0.1, -0.05) is 58.3 Å². The predicted octanol–water partition coefficient (Wildman–Crippen LogP) is 0.811. The van der Waals surface area contributed by atoms with Crippen LogP contribution in [-0.4, -0.2) is 73.9 Å². The van der Waals surface area contributed by atoms with Gasteiger partial charge in [-0.3, -0.25) is 15.4 Å². The van der Waals surface area contributed by atoms with Gasteiger partial charge < -0.3 is 25.4 Å². The Bertz CT molecular complexity index is 418. The molecule has 1 atom stereocenters. The summed E-state index contributed by atoms with van der Waals surface area (Å²) in [5.74, 6) is -1.20. The molecule has 0 saturated heterocycles. The Kier molecular flexibility index (Phi) is 20.1. The van der Waals surface area contributed by atoms with Crippen molar-refractivity contribution in [1.82, 2.24) is 10.6 Å². The number of unbranched alkanes of at least 4 members (excludes halogenated alkanes) is 8. The van der Waals surface area contributed by atoms with Crippen LogP contribution in [0.4, 0.5) is 0 Å². The lowest BCUT2D eigenvalue weighted by atomic mass is 10.1. The van der Waals surface area contributed by atoms with Gasteiger partial charge in [0.05, 0.1) is 13.2 Å².